The highest BCUT2D eigenvalue weighted by Crippen LogP contribution is 2.40. The topological polar surface area (TPSA) is 64.9 Å². The van der Waals surface area contributed by atoms with Gasteiger partial charge in [0.1, 0.15) is 0 Å². The van der Waals surface area contributed by atoms with Crippen LogP contribution in [0.15, 0.2) is 65.5 Å². The molecule has 23 heavy (non-hydrogen) atoms. The molecule has 0 unspecified atom stereocenters. The number of aromatic nitrogens is 1. The van der Waals surface area contributed by atoms with Crippen molar-refractivity contribution in [1.82, 2.24) is 4.98 Å². The Balaban J connectivity index is 2.14. The highest BCUT2D eigenvalue weighted by molar-refractivity contribution is 7.99. The third-order valence-corrected chi connectivity index (χ3v) is 4.77. The number of nitrogens with two attached hydrogens (primary N) is 2. The second-order valence-electron chi connectivity index (χ2n) is 5.05. The van der Waals surface area contributed by atoms with E-state index in [2.05, 4.69) is 18.1 Å². The average molecular weight is 319 g/mol. The molecular weight excluding hydrogens is 302 g/mol. The van der Waals surface area contributed by atoms with Crippen LogP contribution in [-0.4, -0.2) is 4.98 Å². The van der Waals surface area contributed by atoms with Crippen molar-refractivity contribution in [1.29, 1.82) is 0 Å². The molecule has 2 aromatic carbocycles. The number of fused-ring (bicyclic) bond motifs is 1. The van der Waals surface area contributed by atoms with Gasteiger partial charge in [-0.2, -0.15) is 0 Å². The van der Waals surface area contributed by atoms with Crippen LogP contribution in [0.5, 0.6) is 0 Å². The summed E-state index contributed by atoms with van der Waals surface area (Å²) in [5, 5.41) is 1.09. The SMILES string of the molecule is C=Cc1c(N)cc(Sc2cccc3cccnc23)c(N)c1C=C. The minimum Gasteiger partial charge on any atom is -0.398 e. The summed E-state index contributed by atoms with van der Waals surface area (Å²) in [4.78, 5) is 6.40. The molecule has 0 bridgehead atoms. The first kappa shape index (κ1) is 15.2. The van der Waals surface area contributed by atoms with Crippen LogP contribution in [0.3, 0.4) is 0 Å². The van der Waals surface area contributed by atoms with Crippen molar-refractivity contribution in [2.24, 2.45) is 0 Å². The first-order chi connectivity index (χ1) is 11.2. The molecule has 1 heterocycles. The number of nitrogen functional groups attached to an aromatic ring is 2. The fourth-order valence-electron chi connectivity index (χ4n) is 2.54. The highest BCUT2D eigenvalue weighted by atomic mass is 32.2. The fraction of sp³-hybridized carbons (Fsp3) is 0. The number of anilines is 2. The largest absolute Gasteiger partial charge is 0.398 e. The van der Waals surface area contributed by atoms with E-state index < -0.39 is 0 Å². The van der Waals surface area contributed by atoms with Gasteiger partial charge in [-0.15, -0.1) is 0 Å². The fourth-order valence-corrected chi connectivity index (χ4v) is 3.60. The van der Waals surface area contributed by atoms with Crippen molar-refractivity contribution in [3.63, 3.8) is 0 Å². The lowest BCUT2D eigenvalue weighted by Gasteiger charge is -2.14. The van der Waals surface area contributed by atoms with E-state index in [1.54, 1.807) is 30.1 Å². The average Bonchev–Trinajstić information content (AvgIpc) is 2.57. The second-order valence-corrected chi connectivity index (χ2v) is 6.13. The monoisotopic (exact) mass is 319 g/mol. The predicted octanol–water partition coefficient (Wildman–Crippen LogP) is 4.84. The lowest BCUT2D eigenvalue weighted by atomic mass is 10.0. The summed E-state index contributed by atoms with van der Waals surface area (Å²) < 4.78 is 0. The lowest BCUT2D eigenvalue weighted by molar-refractivity contribution is 1.34. The summed E-state index contributed by atoms with van der Waals surface area (Å²) >= 11 is 1.56. The maximum absolute atomic E-state index is 6.32. The number of nitrogens with zero attached hydrogens (tertiary/aromatic N) is 1. The van der Waals surface area contributed by atoms with Gasteiger partial charge in [0.25, 0.3) is 0 Å². The van der Waals surface area contributed by atoms with Gasteiger partial charge in [0.15, 0.2) is 0 Å². The zero-order valence-electron chi connectivity index (χ0n) is 12.6. The summed E-state index contributed by atoms with van der Waals surface area (Å²) in [5.41, 5.74) is 16.3. The predicted molar refractivity (Wildman–Crippen MR) is 101 cm³/mol. The second kappa shape index (κ2) is 6.18. The Morgan fingerprint density at radius 3 is 2.43 bits per heavy atom. The quantitative estimate of drug-likeness (QED) is 0.676. The maximum Gasteiger partial charge on any atom is 0.0841 e. The molecular formula is C19H17N3S. The van der Waals surface area contributed by atoms with Gasteiger partial charge in [0.05, 0.1) is 11.2 Å². The van der Waals surface area contributed by atoms with Gasteiger partial charge >= 0.3 is 0 Å². The summed E-state index contributed by atoms with van der Waals surface area (Å²) in [6.07, 6.45) is 5.21. The molecule has 0 radical (unpaired) electrons. The van der Waals surface area contributed by atoms with Gasteiger partial charge in [-0.25, -0.2) is 0 Å². The van der Waals surface area contributed by atoms with Crippen molar-refractivity contribution in [3.8, 4) is 0 Å². The first-order valence-electron chi connectivity index (χ1n) is 7.14. The van der Waals surface area contributed by atoms with E-state index in [1.807, 2.05) is 36.4 Å². The van der Waals surface area contributed by atoms with Gasteiger partial charge in [-0.1, -0.05) is 55.3 Å². The molecule has 3 rings (SSSR count). The van der Waals surface area contributed by atoms with Gasteiger partial charge in [-0.05, 0) is 18.2 Å². The van der Waals surface area contributed by atoms with Crippen molar-refractivity contribution in [2.75, 3.05) is 11.5 Å². The van der Waals surface area contributed by atoms with Crippen molar-refractivity contribution in [2.45, 2.75) is 9.79 Å². The van der Waals surface area contributed by atoms with Gasteiger partial charge in [0.2, 0.25) is 0 Å². The Morgan fingerprint density at radius 2 is 1.70 bits per heavy atom. The van der Waals surface area contributed by atoms with E-state index >= 15 is 0 Å². The number of hydrogen-bond acceptors (Lipinski definition) is 4. The normalized spacial score (nSPS) is 10.6. The molecule has 0 fully saturated rings. The molecule has 0 amide bonds. The minimum absolute atomic E-state index is 0.639. The molecule has 0 spiro atoms. The summed E-state index contributed by atoms with van der Waals surface area (Å²) in [6.45, 7) is 7.63. The molecule has 1 aromatic heterocycles. The van der Waals surface area contributed by atoms with E-state index in [0.717, 1.165) is 31.8 Å². The van der Waals surface area contributed by atoms with Crippen molar-refractivity contribution < 1.29 is 0 Å². The summed E-state index contributed by atoms with van der Waals surface area (Å²) in [6, 6.07) is 11.9. The van der Waals surface area contributed by atoms with Crippen LogP contribution < -0.4 is 11.5 Å². The standard InChI is InChI=1S/C19H17N3S/c1-3-13-14(4-2)18(21)17(11-15(13)20)23-16-9-5-7-12-8-6-10-22-19(12)16/h3-11H,1-2,20-21H2. The third kappa shape index (κ3) is 2.69. The van der Waals surface area contributed by atoms with E-state index in [0.29, 0.717) is 11.4 Å². The van der Waals surface area contributed by atoms with Crippen LogP contribution in [0.4, 0.5) is 11.4 Å². The Hall–Kier alpha value is -2.72. The molecule has 0 aliphatic carbocycles. The van der Waals surface area contributed by atoms with Crippen LogP contribution >= 0.6 is 11.8 Å². The van der Waals surface area contributed by atoms with E-state index in [-0.39, 0.29) is 0 Å². The Morgan fingerprint density at radius 1 is 0.957 bits per heavy atom. The summed E-state index contributed by atoms with van der Waals surface area (Å²) in [7, 11) is 0. The molecule has 3 aromatic rings. The molecule has 0 saturated heterocycles. The smallest absolute Gasteiger partial charge is 0.0841 e. The molecule has 114 valence electrons. The Bertz CT molecular complexity index is 911. The molecule has 4 heteroatoms. The van der Waals surface area contributed by atoms with Crippen molar-refractivity contribution >= 4 is 46.2 Å². The molecule has 0 saturated carbocycles. The first-order valence-corrected chi connectivity index (χ1v) is 7.95. The molecule has 3 nitrogen and oxygen atoms in total. The molecule has 0 aliphatic heterocycles. The van der Waals surface area contributed by atoms with Crippen LogP contribution in [0.25, 0.3) is 23.1 Å². The molecule has 0 atom stereocenters. The third-order valence-electron chi connectivity index (χ3n) is 3.67. The minimum atomic E-state index is 0.639. The van der Waals surface area contributed by atoms with Crippen LogP contribution in [0.1, 0.15) is 11.1 Å². The maximum atomic E-state index is 6.32. The zero-order chi connectivity index (χ0) is 16.4. The van der Waals surface area contributed by atoms with Gasteiger partial charge in [-0.3, -0.25) is 4.98 Å². The van der Waals surface area contributed by atoms with E-state index in [1.165, 1.54) is 0 Å². The number of rotatable bonds is 4. The van der Waals surface area contributed by atoms with Gasteiger partial charge in [0, 0.05) is 38.2 Å². The number of para-hydroxylation sites is 1. The van der Waals surface area contributed by atoms with Crippen LogP contribution in [0, 0.1) is 0 Å². The van der Waals surface area contributed by atoms with Gasteiger partial charge < -0.3 is 11.5 Å². The number of benzene rings is 2. The van der Waals surface area contributed by atoms with E-state index in [4.69, 9.17) is 11.5 Å². The van der Waals surface area contributed by atoms with Crippen LogP contribution in [-0.2, 0) is 0 Å². The Kier molecular flexibility index (Phi) is 4.08. The molecule has 0 aliphatic rings. The van der Waals surface area contributed by atoms with Crippen LogP contribution in [0.2, 0.25) is 0 Å². The van der Waals surface area contributed by atoms with E-state index in [9.17, 15) is 0 Å². The van der Waals surface area contributed by atoms with Crippen molar-refractivity contribution in [3.05, 3.63) is 66.9 Å². The zero-order valence-corrected chi connectivity index (χ0v) is 13.4. The lowest BCUT2D eigenvalue weighted by Crippen LogP contribution is -2.00. The molecule has 4 N–H and O–H groups in total. The number of hydrogen-bond donors (Lipinski definition) is 2. The Labute approximate surface area is 139 Å². The summed E-state index contributed by atoms with van der Waals surface area (Å²) in [5.74, 6) is 0. The number of pyridine rings is 1. The highest BCUT2D eigenvalue weighted by Gasteiger charge is 2.13.